The standard InChI is InChI=1S/C20H18N2O2/c23-18-16-10-5-4-7-14(16)13-17(21-18)19(24)22-20(11-6-12-20)15-8-2-1-3-9-15/h1-5,7-10,13H,6,11-12H2,(H,21,23)(H,22,24). The SMILES string of the molecule is O=C(NC1(c2ccccc2)CCC1)c1cc2ccccc2c(=O)[nH]1. The van der Waals surface area contributed by atoms with Gasteiger partial charge in [0.05, 0.1) is 5.54 Å². The third-order valence-electron chi connectivity index (χ3n) is 4.88. The molecule has 24 heavy (non-hydrogen) atoms. The molecule has 0 spiro atoms. The van der Waals surface area contributed by atoms with Crippen molar-refractivity contribution in [1.82, 2.24) is 10.3 Å². The van der Waals surface area contributed by atoms with E-state index in [2.05, 4.69) is 10.3 Å². The van der Waals surface area contributed by atoms with Gasteiger partial charge in [0.15, 0.2) is 0 Å². The number of benzene rings is 2. The van der Waals surface area contributed by atoms with Gasteiger partial charge in [0.1, 0.15) is 5.69 Å². The number of rotatable bonds is 3. The molecule has 2 aromatic carbocycles. The highest BCUT2D eigenvalue weighted by atomic mass is 16.2. The van der Waals surface area contributed by atoms with Crippen molar-refractivity contribution in [3.05, 3.63) is 82.3 Å². The predicted octanol–water partition coefficient (Wildman–Crippen LogP) is 3.34. The number of H-pyrrole nitrogens is 1. The molecule has 1 aliphatic rings. The van der Waals surface area contributed by atoms with Crippen LogP contribution < -0.4 is 10.9 Å². The van der Waals surface area contributed by atoms with Crippen LogP contribution in [0.3, 0.4) is 0 Å². The predicted molar refractivity (Wildman–Crippen MR) is 94.0 cm³/mol. The van der Waals surface area contributed by atoms with E-state index in [0.29, 0.717) is 11.1 Å². The maximum Gasteiger partial charge on any atom is 0.268 e. The van der Waals surface area contributed by atoms with Crippen molar-refractivity contribution in [2.75, 3.05) is 0 Å². The van der Waals surface area contributed by atoms with Crippen LogP contribution in [-0.2, 0) is 5.54 Å². The Bertz CT molecular complexity index is 956. The normalized spacial score (nSPS) is 15.7. The summed E-state index contributed by atoms with van der Waals surface area (Å²) in [7, 11) is 0. The minimum absolute atomic E-state index is 0.235. The Hall–Kier alpha value is -2.88. The highest BCUT2D eigenvalue weighted by Crippen LogP contribution is 2.41. The molecule has 1 amide bonds. The second-order valence-corrected chi connectivity index (χ2v) is 6.36. The summed E-state index contributed by atoms with van der Waals surface area (Å²) in [6.07, 6.45) is 2.92. The Labute approximate surface area is 139 Å². The van der Waals surface area contributed by atoms with Gasteiger partial charge < -0.3 is 10.3 Å². The van der Waals surface area contributed by atoms with Gasteiger partial charge in [0.2, 0.25) is 0 Å². The van der Waals surface area contributed by atoms with Gasteiger partial charge in [-0.25, -0.2) is 0 Å². The van der Waals surface area contributed by atoms with Crippen molar-refractivity contribution >= 4 is 16.7 Å². The fourth-order valence-electron chi connectivity index (χ4n) is 3.39. The van der Waals surface area contributed by atoms with Crippen molar-refractivity contribution in [2.24, 2.45) is 0 Å². The van der Waals surface area contributed by atoms with Gasteiger partial charge >= 0.3 is 0 Å². The molecule has 2 N–H and O–H groups in total. The van der Waals surface area contributed by atoms with E-state index < -0.39 is 0 Å². The van der Waals surface area contributed by atoms with E-state index in [9.17, 15) is 9.59 Å². The molecule has 4 heteroatoms. The summed E-state index contributed by atoms with van der Waals surface area (Å²) >= 11 is 0. The van der Waals surface area contributed by atoms with E-state index >= 15 is 0 Å². The lowest BCUT2D eigenvalue weighted by atomic mass is 9.71. The van der Waals surface area contributed by atoms with Crippen molar-refractivity contribution < 1.29 is 4.79 Å². The van der Waals surface area contributed by atoms with Gasteiger partial charge in [-0.2, -0.15) is 0 Å². The van der Waals surface area contributed by atoms with Crippen molar-refractivity contribution in [1.29, 1.82) is 0 Å². The maximum absolute atomic E-state index is 12.7. The number of amides is 1. The van der Waals surface area contributed by atoms with E-state index in [1.807, 2.05) is 48.5 Å². The van der Waals surface area contributed by atoms with E-state index in [1.165, 1.54) is 0 Å². The number of aromatic amines is 1. The minimum atomic E-state index is -0.319. The molecule has 0 bridgehead atoms. The summed E-state index contributed by atoms with van der Waals surface area (Å²) in [5.41, 5.74) is 0.871. The molecule has 1 saturated carbocycles. The van der Waals surface area contributed by atoms with E-state index in [0.717, 1.165) is 30.2 Å². The lowest BCUT2D eigenvalue weighted by Crippen LogP contribution is -2.51. The Balaban J connectivity index is 1.68. The second kappa shape index (κ2) is 5.64. The first-order chi connectivity index (χ1) is 11.7. The molecule has 120 valence electrons. The van der Waals surface area contributed by atoms with E-state index in [4.69, 9.17) is 0 Å². The number of carbonyl (C=O) groups excluding carboxylic acids is 1. The van der Waals surface area contributed by atoms with Gasteiger partial charge in [0.25, 0.3) is 11.5 Å². The van der Waals surface area contributed by atoms with E-state index in [-0.39, 0.29) is 17.0 Å². The molecule has 1 heterocycles. The van der Waals surface area contributed by atoms with E-state index in [1.54, 1.807) is 12.1 Å². The zero-order valence-electron chi connectivity index (χ0n) is 13.2. The molecule has 0 saturated heterocycles. The summed E-state index contributed by atoms with van der Waals surface area (Å²) in [5.74, 6) is -0.235. The molecule has 0 radical (unpaired) electrons. The molecule has 1 fully saturated rings. The second-order valence-electron chi connectivity index (χ2n) is 6.36. The number of aromatic nitrogens is 1. The molecule has 1 aromatic heterocycles. The van der Waals surface area contributed by atoms with Crippen LogP contribution in [0.2, 0.25) is 0 Å². The summed E-state index contributed by atoms with van der Waals surface area (Å²) in [5, 5.41) is 4.51. The number of nitrogens with one attached hydrogen (secondary N) is 2. The lowest BCUT2D eigenvalue weighted by Gasteiger charge is -2.43. The summed E-state index contributed by atoms with van der Waals surface area (Å²) < 4.78 is 0. The van der Waals surface area contributed by atoms with Crippen molar-refractivity contribution in [3.8, 4) is 0 Å². The highest BCUT2D eigenvalue weighted by molar-refractivity contribution is 5.96. The summed E-state index contributed by atoms with van der Waals surface area (Å²) in [4.78, 5) is 27.6. The minimum Gasteiger partial charge on any atom is -0.341 e. The molecule has 3 aromatic rings. The number of hydrogen-bond acceptors (Lipinski definition) is 2. The molecule has 4 nitrogen and oxygen atoms in total. The van der Waals surface area contributed by atoms with Crippen LogP contribution in [0.1, 0.15) is 35.3 Å². The van der Waals surface area contributed by atoms with Gasteiger partial charge in [-0.3, -0.25) is 9.59 Å². The molecular formula is C20H18N2O2. The Morgan fingerprint density at radius 1 is 1.00 bits per heavy atom. The molecule has 1 aliphatic carbocycles. The van der Waals surface area contributed by atoms with Crippen LogP contribution >= 0.6 is 0 Å². The number of hydrogen-bond donors (Lipinski definition) is 2. The summed E-state index contributed by atoms with van der Waals surface area (Å²) in [6, 6.07) is 19.0. The van der Waals surface area contributed by atoms with Crippen LogP contribution in [0.5, 0.6) is 0 Å². The van der Waals surface area contributed by atoms with Crippen LogP contribution in [0, 0.1) is 0 Å². The fraction of sp³-hybridized carbons (Fsp3) is 0.200. The molecule has 0 unspecified atom stereocenters. The first kappa shape index (κ1) is 14.7. The molecular weight excluding hydrogens is 300 g/mol. The van der Waals surface area contributed by atoms with Gasteiger partial charge in [-0.1, -0.05) is 48.5 Å². The number of carbonyl (C=O) groups is 1. The third kappa shape index (κ3) is 2.40. The van der Waals surface area contributed by atoms with Crippen LogP contribution in [0.15, 0.2) is 65.5 Å². The molecule has 0 atom stereocenters. The zero-order chi connectivity index (χ0) is 16.6. The first-order valence-corrected chi connectivity index (χ1v) is 8.18. The van der Waals surface area contributed by atoms with Gasteiger partial charge in [-0.05, 0) is 42.3 Å². The lowest BCUT2D eigenvalue weighted by molar-refractivity contribution is 0.0818. The third-order valence-corrected chi connectivity index (χ3v) is 4.88. The number of fused-ring (bicyclic) bond motifs is 1. The monoisotopic (exact) mass is 318 g/mol. The van der Waals surface area contributed by atoms with Crippen LogP contribution in [0.25, 0.3) is 10.8 Å². The van der Waals surface area contributed by atoms with Crippen molar-refractivity contribution in [3.63, 3.8) is 0 Å². The van der Waals surface area contributed by atoms with Crippen molar-refractivity contribution in [2.45, 2.75) is 24.8 Å². The average molecular weight is 318 g/mol. The maximum atomic E-state index is 12.7. The van der Waals surface area contributed by atoms with Crippen LogP contribution in [0.4, 0.5) is 0 Å². The largest absolute Gasteiger partial charge is 0.341 e. The average Bonchev–Trinajstić information content (AvgIpc) is 2.58. The number of pyridine rings is 1. The Morgan fingerprint density at radius 2 is 1.71 bits per heavy atom. The summed E-state index contributed by atoms with van der Waals surface area (Å²) in [6.45, 7) is 0. The van der Waals surface area contributed by atoms with Crippen LogP contribution in [-0.4, -0.2) is 10.9 Å². The quantitative estimate of drug-likeness (QED) is 0.778. The molecule has 4 rings (SSSR count). The Morgan fingerprint density at radius 3 is 2.42 bits per heavy atom. The topological polar surface area (TPSA) is 62.0 Å². The highest BCUT2D eigenvalue weighted by Gasteiger charge is 2.40. The smallest absolute Gasteiger partial charge is 0.268 e. The van der Waals surface area contributed by atoms with Gasteiger partial charge in [-0.15, -0.1) is 0 Å². The van der Waals surface area contributed by atoms with Gasteiger partial charge in [0, 0.05) is 5.39 Å². The molecule has 0 aliphatic heterocycles. The zero-order valence-corrected chi connectivity index (χ0v) is 13.2. The fourth-order valence-corrected chi connectivity index (χ4v) is 3.39. The Kier molecular flexibility index (Phi) is 3.45. The first-order valence-electron chi connectivity index (χ1n) is 8.18.